The van der Waals surface area contributed by atoms with Gasteiger partial charge in [0.25, 0.3) is 0 Å². The number of nitrogen functional groups attached to an aromatic ring is 1. The second-order valence-electron chi connectivity index (χ2n) is 4.47. The van der Waals surface area contributed by atoms with Crippen molar-refractivity contribution < 1.29 is 4.79 Å². The average Bonchev–Trinajstić information content (AvgIpc) is 2.41. The number of amides is 2. The third-order valence-electron chi connectivity index (χ3n) is 2.96. The average molecular weight is 290 g/mol. The molecule has 0 atom stereocenters. The Balaban J connectivity index is 1.94. The molecular formula is C15H16ClN3O. The van der Waals surface area contributed by atoms with Crippen LogP contribution in [0.25, 0.3) is 0 Å². The Morgan fingerprint density at radius 2 is 2.00 bits per heavy atom. The molecule has 0 bridgehead atoms. The number of anilines is 2. The molecule has 0 radical (unpaired) electrons. The lowest BCUT2D eigenvalue weighted by Gasteiger charge is -2.11. The van der Waals surface area contributed by atoms with Crippen LogP contribution in [0, 0.1) is 6.92 Å². The fourth-order valence-electron chi connectivity index (χ4n) is 1.80. The van der Waals surface area contributed by atoms with E-state index in [0.29, 0.717) is 22.9 Å². The van der Waals surface area contributed by atoms with Crippen molar-refractivity contribution in [2.45, 2.75) is 13.5 Å². The molecule has 0 aliphatic carbocycles. The van der Waals surface area contributed by atoms with Crippen LogP contribution < -0.4 is 16.4 Å². The summed E-state index contributed by atoms with van der Waals surface area (Å²) in [6, 6.07) is 12.5. The SMILES string of the molecule is Cc1ccccc1CNC(=O)Nc1ccc(Cl)cc1N. The maximum absolute atomic E-state index is 11.8. The van der Waals surface area contributed by atoms with E-state index in [0.717, 1.165) is 11.1 Å². The van der Waals surface area contributed by atoms with Gasteiger partial charge < -0.3 is 16.4 Å². The van der Waals surface area contributed by atoms with E-state index in [4.69, 9.17) is 17.3 Å². The standard InChI is InChI=1S/C15H16ClN3O/c1-10-4-2-3-5-11(10)9-18-15(20)19-14-7-6-12(16)8-13(14)17/h2-8H,9,17H2,1H3,(H2,18,19,20). The van der Waals surface area contributed by atoms with Gasteiger partial charge in [0.2, 0.25) is 0 Å². The van der Waals surface area contributed by atoms with Crippen LogP contribution in [0.4, 0.5) is 16.2 Å². The second-order valence-corrected chi connectivity index (χ2v) is 4.90. The fraction of sp³-hybridized carbons (Fsp3) is 0.133. The zero-order valence-corrected chi connectivity index (χ0v) is 11.9. The van der Waals surface area contributed by atoms with Crippen LogP contribution in [0.2, 0.25) is 5.02 Å². The minimum Gasteiger partial charge on any atom is -0.397 e. The van der Waals surface area contributed by atoms with Gasteiger partial charge in [-0.05, 0) is 36.2 Å². The van der Waals surface area contributed by atoms with Crippen molar-refractivity contribution in [3.05, 3.63) is 58.6 Å². The first-order valence-corrected chi connectivity index (χ1v) is 6.58. The van der Waals surface area contributed by atoms with Crippen molar-refractivity contribution in [2.24, 2.45) is 0 Å². The highest BCUT2D eigenvalue weighted by Gasteiger charge is 2.05. The maximum atomic E-state index is 11.8. The lowest BCUT2D eigenvalue weighted by Crippen LogP contribution is -2.28. The summed E-state index contributed by atoms with van der Waals surface area (Å²) in [7, 11) is 0. The van der Waals surface area contributed by atoms with E-state index >= 15 is 0 Å². The Bertz CT molecular complexity index is 628. The molecule has 0 aromatic heterocycles. The Labute approximate surface area is 122 Å². The predicted octanol–water partition coefficient (Wildman–Crippen LogP) is 3.55. The summed E-state index contributed by atoms with van der Waals surface area (Å²) in [5, 5.41) is 6.02. The number of rotatable bonds is 3. The largest absolute Gasteiger partial charge is 0.397 e. The highest BCUT2D eigenvalue weighted by molar-refractivity contribution is 6.31. The summed E-state index contributed by atoms with van der Waals surface area (Å²) in [4.78, 5) is 11.8. The number of carbonyl (C=O) groups is 1. The number of nitrogens with two attached hydrogens (primary N) is 1. The van der Waals surface area contributed by atoms with E-state index in [9.17, 15) is 4.79 Å². The fourth-order valence-corrected chi connectivity index (χ4v) is 1.98. The van der Waals surface area contributed by atoms with Crippen molar-refractivity contribution in [3.8, 4) is 0 Å². The van der Waals surface area contributed by atoms with Gasteiger partial charge >= 0.3 is 6.03 Å². The molecule has 4 nitrogen and oxygen atoms in total. The molecule has 2 rings (SSSR count). The summed E-state index contributed by atoms with van der Waals surface area (Å²) in [5.41, 5.74) is 8.96. The third kappa shape index (κ3) is 3.65. The second kappa shape index (κ2) is 6.30. The first-order valence-electron chi connectivity index (χ1n) is 6.20. The van der Waals surface area contributed by atoms with Gasteiger partial charge in [-0.1, -0.05) is 35.9 Å². The number of hydrogen-bond acceptors (Lipinski definition) is 2. The minimum atomic E-state index is -0.303. The van der Waals surface area contributed by atoms with Crippen LogP contribution in [-0.2, 0) is 6.54 Å². The molecule has 2 aromatic carbocycles. The van der Waals surface area contributed by atoms with E-state index in [-0.39, 0.29) is 6.03 Å². The van der Waals surface area contributed by atoms with Gasteiger partial charge in [0.05, 0.1) is 11.4 Å². The number of aryl methyl sites for hydroxylation is 1. The number of nitrogens with one attached hydrogen (secondary N) is 2. The highest BCUT2D eigenvalue weighted by Crippen LogP contribution is 2.22. The lowest BCUT2D eigenvalue weighted by atomic mass is 10.1. The van der Waals surface area contributed by atoms with Crippen LogP contribution in [0.15, 0.2) is 42.5 Å². The van der Waals surface area contributed by atoms with Gasteiger partial charge in [0.15, 0.2) is 0 Å². The normalized spacial score (nSPS) is 10.1. The summed E-state index contributed by atoms with van der Waals surface area (Å²) in [6.07, 6.45) is 0. The summed E-state index contributed by atoms with van der Waals surface area (Å²) < 4.78 is 0. The molecule has 0 unspecified atom stereocenters. The number of halogens is 1. The Morgan fingerprint density at radius 3 is 2.70 bits per heavy atom. The molecule has 4 N–H and O–H groups in total. The third-order valence-corrected chi connectivity index (χ3v) is 3.20. The van der Waals surface area contributed by atoms with Crippen molar-refractivity contribution in [1.82, 2.24) is 5.32 Å². The molecule has 0 aliphatic heterocycles. The van der Waals surface area contributed by atoms with E-state index in [1.54, 1.807) is 18.2 Å². The monoisotopic (exact) mass is 289 g/mol. The Hall–Kier alpha value is -2.20. The molecular weight excluding hydrogens is 274 g/mol. The van der Waals surface area contributed by atoms with E-state index in [1.165, 1.54) is 0 Å². The van der Waals surface area contributed by atoms with Gasteiger partial charge in [0.1, 0.15) is 0 Å². The molecule has 0 heterocycles. The van der Waals surface area contributed by atoms with E-state index in [2.05, 4.69) is 10.6 Å². The van der Waals surface area contributed by atoms with Crippen LogP contribution >= 0.6 is 11.6 Å². The highest BCUT2D eigenvalue weighted by atomic mass is 35.5. The van der Waals surface area contributed by atoms with Gasteiger partial charge in [0, 0.05) is 11.6 Å². The number of carbonyl (C=O) groups excluding carboxylic acids is 1. The van der Waals surface area contributed by atoms with Crippen molar-refractivity contribution in [3.63, 3.8) is 0 Å². The molecule has 5 heteroatoms. The maximum Gasteiger partial charge on any atom is 0.319 e. The molecule has 0 saturated heterocycles. The van der Waals surface area contributed by atoms with E-state index in [1.807, 2.05) is 31.2 Å². The van der Waals surface area contributed by atoms with E-state index < -0.39 is 0 Å². The first-order chi connectivity index (χ1) is 9.56. The smallest absolute Gasteiger partial charge is 0.319 e. The van der Waals surface area contributed by atoms with Gasteiger partial charge in [-0.2, -0.15) is 0 Å². The molecule has 0 saturated carbocycles. The zero-order valence-electron chi connectivity index (χ0n) is 11.1. The van der Waals surface area contributed by atoms with Crippen LogP contribution in [0.3, 0.4) is 0 Å². The summed E-state index contributed by atoms with van der Waals surface area (Å²) in [5.74, 6) is 0. The molecule has 2 amide bonds. The molecule has 20 heavy (non-hydrogen) atoms. The van der Waals surface area contributed by atoms with Gasteiger partial charge in [-0.15, -0.1) is 0 Å². The van der Waals surface area contributed by atoms with Gasteiger partial charge in [-0.3, -0.25) is 0 Å². The molecule has 0 aliphatic rings. The number of hydrogen-bond donors (Lipinski definition) is 3. The Morgan fingerprint density at radius 1 is 1.25 bits per heavy atom. The zero-order chi connectivity index (χ0) is 14.5. The molecule has 104 valence electrons. The van der Waals surface area contributed by atoms with Crippen LogP contribution in [0.5, 0.6) is 0 Å². The quantitative estimate of drug-likeness (QED) is 0.756. The summed E-state index contributed by atoms with van der Waals surface area (Å²) in [6.45, 7) is 2.47. The van der Waals surface area contributed by atoms with Gasteiger partial charge in [-0.25, -0.2) is 4.79 Å². The number of urea groups is 1. The minimum absolute atomic E-state index is 0.303. The van der Waals surface area contributed by atoms with Crippen LogP contribution in [0.1, 0.15) is 11.1 Å². The Kier molecular flexibility index (Phi) is 4.48. The van der Waals surface area contributed by atoms with Crippen molar-refractivity contribution in [2.75, 3.05) is 11.1 Å². The number of benzene rings is 2. The lowest BCUT2D eigenvalue weighted by molar-refractivity contribution is 0.251. The van der Waals surface area contributed by atoms with Crippen molar-refractivity contribution in [1.29, 1.82) is 0 Å². The molecule has 0 fully saturated rings. The topological polar surface area (TPSA) is 67.2 Å². The first kappa shape index (κ1) is 14.2. The predicted molar refractivity (Wildman–Crippen MR) is 82.9 cm³/mol. The molecule has 0 spiro atoms. The van der Waals surface area contributed by atoms with Crippen LogP contribution in [-0.4, -0.2) is 6.03 Å². The molecule has 2 aromatic rings. The van der Waals surface area contributed by atoms with Crippen molar-refractivity contribution >= 4 is 29.0 Å². The summed E-state index contributed by atoms with van der Waals surface area (Å²) >= 11 is 5.80.